The van der Waals surface area contributed by atoms with E-state index in [-0.39, 0.29) is 41.8 Å². The molecular weight excluding hydrogens is 490 g/mol. The summed E-state index contributed by atoms with van der Waals surface area (Å²) < 4.78 is 30.4. The minimum Gasteiger partial charge on any atom is -0.353 e. The van der Waals surface area contributed by atoms with Gasteiger partial charge in [-0.1, -0.05) is 37.5 Å². The smallest absolute Gasteiger partial charge is 0.248 e. The number of nitrogens with one attached hydrogen (secondary N) is 1. The number of hydrogen-bond acceptors (Lipinski definition) is 5. The predicted molar refractivity (Wildman–Crippen MR) is 141 cm³/mol. The number of hydrogen-bond donors (Lipinski definition) is 1. The lowest BCUT2D eigenvalue weighted by Gasteiger charge is -2.32. The fourth-order valence-electron chi connectivity index (χ4n) is 6.09. The second-order valence-electron chi connectivity index (χ2n) is 10.6. The maximum Gasteiger partial charge on any atom is 0.248 e. The van der Waals surface area contributed by atoms with Gasteiger partial charge in [-0.3, -0.25) is 14.3 Å². The summed E-state index contributed by atoms with van der Waals surface area (Å²) in [5.41, 5.74) is 2.88. The molecular formula is C27H37N5O4S. The minimum atomic E-state index is -3.86. The summed E-state index contributed by atoms with van der Waals surface area (Å²) in [4.78, 5) is 28.0. The van der Waals surface area contributed by atoms with E-state index in [2.05, 4.69) is 10.4 Å². The molecule has 2 aliphatic heterocycles. The molecule has 0 bridgehead atoms. The molecule has 1 saturated heterocycles. The van der Waals surface area contributed by atoms with Crippen molar-refractivity contribution in [1.29, 1.82) is 0 Å². The first-order valence-electron chi connectivity index (χ1n) is 13.5. The third kappa shape index (κ3) is 5.18. The van der Waals surface area contributed by atoms with Gasteiger partial charge < -0.3 is 10.2 Å². The summed E-state index contributed by atoms with van der Waals surface area (Å²) in [6.07, 6.45) is 7.61. The topological polar surface area (TPSA) is 105 Å². The maximum absolute atomic E-state index is 13.8. The number of benzene rings is 1. The van der Waals surface area contributed by atoms with Gasteiger partial charge in [-0.15, -0.1) is 0 Å². The first kappa shape index (κ1) is 25.9. The van der Waals surface area contributed by atoms with Crippen LogP contribution in [0.5, 0.6) is 0 Å². The third-order valence-electron chi connectivity index (χ3n) is 8.09. The molecule has 200 valence electrons. The summed E-state index contributed by atoms with van der Waals surface area (Å²) in [6.45, 7) is 4.51. The molecule has 0 radical (unpaired) electrons. The second kappa shape index (κ2) is 10.6. The molecule has 0 spiro atoms. The summed E-state index contributed by atoms with van der Waals surface area (Å²) in [5.74, 6) is -0.498. The van der Waals surface area contributed by atoms with Gasteiger partial charge in [-0.25, -0.2) is 8.42 Å². The summed E-state index contributed by atoms with van der Waals surface area (Å²) >= 11 is 0. The van der Waals surface area contributed by atoms with Crippen molar-refractivity contribution in [3.8, 4) is 0 Å². The van der Waals surface area contributed by atoms with Gasteiger partial charge in [-0.05, 0) is 57.6 Å². The zero-order chi connectivity index (χ0) is 26.2. The Labute approximate surface area is 219 Å². The zero-order valence-corrected chi connectivity index (χ0v) is 22.6. The Morgan fingerprint density at radius 3 is 2.57 bits per heavy atom. The average Bonchev–Trinajstić information content (AvgIpc) is 3.45. The average molecular weight is 528 g/mol. The van der Waals surface area contributed by atoms with E-state index in [4.69, 9.17) is 0 Å². The Balaban J connectivity index is 1.29. The molecule has 1 saturated carbocycles. The molecule has 3 heterocycles. The standard InChI is InChI=1S/C27H37N5O4S/c1-19-26(20(2)32(29-19)18-25(33)31-16-14-21-9-6-7-13-24(21)31)37(35,36)30-15-8-10-22(17-30)27(34)28-23-11-4-3-5-12-23/h6-7,9,13,22-23H,3-5,8,10-12,14-18H2,1-2H3,(H,28,34)/t22-/m0/s1. The largest absolute Gasteiger partial charge is 0.353 e. The molecule has 2 fully saturated rings. The molecule has 3 aliphatic rings. The van der Waals surface area contributed by atoms with Gasteiger partial charge in [0.1, 0.15) is 11.4 Å². The van der Waals surface area contributed by atoms with Crippen molar-refractivity contribution in [3.63, 3.8) is 0 Å². The van der Waals surface area contributed by atoms with Crippen molar-refractivity contribution >= 4 is 27.5 Å². The monoisotopic (exact) mass is 527 g/mol. The van der Waals surface area contributed by atoms with Gasteiger partial charge in [0.15, 0.2) is 0 Å². The van der Waals surface area contributed by atoms with E-state index in [9.17, 15) is 18.0 Å². The van der Waals surface area contributed by atoms with Crippen LogP contribution in [0.2, 0.25) is 0 Å². The van der Waals surface area contributed by atoms with Crippen molar-refractivity contribution in [3.05, 3.63) is 41.2 Å². The van der Waals surface area contributed by atoms with E-state index in [0.29, 0.717) is 37.3 Å². The van der Waals surface area contributed by atoms with Crippen LogP contribution in [0.1, 0.15) is 61.9 Å². The number of sulfonamides is 1. The number of carbonyl (C=O) groups excluding carboxylic acids is 2. The Kier molecular flexibility index (Phi) is 7.40. The Hall–Kier alpha value is -2.72. The molecule has 1 N–H and O–H groups in total. The lowest BCUT2D eigenvalue weighted by molar-refractivity contribution is -0.127. The van der Waals surface area contributed by atoms with Crippen molar-refractivity contribution in [2.45, 2.75) is 82.7 Å². The molecule has 1 aliphatic carbocycles. The number of aromatic nitrogens is 2. The first-order valence-corrected chi connectivity index (χ1v) is 14.9. The molecule has 5 rings (SSSR count). The number of anilines is 1. The van der Waals surface area contributed by atoms with Crippen LogP contribution in [0.15, 0.2) is 29.2 Å². The van der Waals surface area contributed by atoms with Gasteiger partial charge in [0, 0.05) is 31.4 Å². The van der Waals surface area contributed by atoms with Crippen molar-refractivity contribution in [2.24, 2.45) is 5.92 Å². The summed E-state index contributed by atoms with van der Waals surface area (Å²) in [6, 6.07) is 8.05. The molecule has 9 nitrogen and oxygen atoms in total. The van der Waals surface area contributed by atoms with E-state index >= 15 is 0 Å². The van der Waals surface area contributed by atoms with Gasteiger partial charge in [0.2, 0.25) is 21.8 Å². The van der Waals surface area contributed by atoms with Gasteiger partial charge in [0.05, 0.1) is 17.3 Å². The van der Waals surface area contributed by atoms with E-state index in [1.165, 1.54) is 15.4 Å². The minimum absolute atomic E-state index is 0.0249. The van der Waals surface area contributed by atoms with Crippen LogP contribution in [0.4, 0.5) is 5.69 Å². The lowest BCUT2D eigenvalue weighted by atomic mass is 9.93. The predicted octanol–water partition coefficient (Wildman–Crippen LogP) is 2.94. The van der Waals surface area contributed by atoms with Crippen molar-refractivity contribution < 1.29 is 18.0 Å². The second-order valence-corrected chi connectivity index (χ2v) is 12.5. The molecule has 0 unspecified atom stereocenters. The highest BCUT2D eigenvalue weighted by Gasteiger charge is 2.37. The first-order chi connectivity index (χ1) is 17.8. The fraction of sp³-hybridized carbons (Fsp3) is 0.593. The SMILES string of the molecule is Cc1nn(CC(=O)N2CCc3ccccc32)c(C)c1S(=O)(=O)N1CCC[C@H](C(=O)NC2CCCCC2)C1. The van der Waals surface area contributed by atoms with Crippen molar-refractivity contribution in [2.75, 3.05) is 24.5 Å². The van der Waals surface area contributed by atoms with Crippen LogP contribution in [0.3, 0.4) is 0 Å². The van der Waals surface area contributed by atoms with Crippen LogP contribution in [-0.2, 0) is 32.6 Å². The van der Waals surface area contributed by atoms with Crippen LogP contribution in [0, 0.1) is 19.8 Å². The molecule has 1 aromatic heterocycles. The summed E-state index contributed by atoms with van der Waals surface area (Å²) in [5, 5.41) is 7.62. The number of rotatable bonds is 6. The van der Waals surface area contributed by atoms with Gasteiger partial charge in [-0.2, -0.15) is 9.40 Å². The normalized spacial score (nSPS) is 21.1. The van der Waals surface area contributed by atoms with Crippen molar-refractivity contribution in [1.82, 2.24) is 19.4 Å². The number of piperidine rings is 1. The Bertz CT molecular complexity index is 1280. The van der Waals surface area contributed by atoms with Gasteiger partial charge in [0.25, 0.3) is 0 Å². The highest BCUT2D eigenvalue weighted by atomic mass is 32.2. The lowest BCUT2D eigenvalue weighted by Crippen LogP contribution is -2.48. The van der Waals surface area contributed by atoms with Crippen LogP contribution in [-0.4, -0.2) is 60.0 Å². The number of para-hydroxylation sites is 1. The Morgan fingerprint density at radius 2 is 1.78 bits per heavy atom. The van der Waals surface area contributed by atoms with Gasteiger partial charge >= 0.3 is 0 Å². The number of carbonyl (C=O) groups is 2. The number of fused-ring (bicyclic) bond motifs is 1. The molecule has 1 atom stereocenters. The van der Waals surface area contributed by atoms with E-state index in [1.54, 1.807) is 18.7 Å². The zero-order valence-electron chi connectivity index (χ0n) is 21.8. The van der Waals surface area contributed by atoms with E-state index in [1.807, 2.05) is 24.3 Å². The molecule has 37 heavy (non-hydrogen) atoms. The molecule has 10 heteroatoms. The third-order valence-corrected chi connectivity index (χ3v) is 10.2. The highest BCUT2D eigenvalue weighted by Crippen LogP contribution is 2.30. The quantitative estimate of drug-likeness (QED) is 0.622. The number of amides is 2. The summed E-state index contributed by atoms with van der Waals surface area (Å²) in [7, 11) is -3.86. The molecule has 2 amide bonds. The van der Waals surface area contributed by atoms with E-state index in [0.717, 1.165) is 43.4 Å². The van der Waals surface area contributed by atoms with Crippen LogP contribution >= 0.6 is 0 Å². The van der Waals surface area contributed by atoms with Crippen LogP contribution < -0.4 is 10.2 Å². The molecule has 1 aromatic carbocycles. The molecule has 2 aromatic rings. The fourth-order valence-corrected chi connectivity index (χ4v) is 7.99. The maximum atomic E-state index is 13.8. The number of nitrogens with zero attached hydrogens (tertiary/aromatic N) is 4. The highest BCUT2D eigenvalue weighted by molar-refractivity contribution is 7.89. The Morgan fingerprint density at radius 1 is 1.03 bits per heavy atom. The number of aryl methyl sites for hydroxylation is 1. The van der Waals surface area contributed by atoms with Crippen LogP contribution in [0.25, 0.3) is 0 Å². The van der Waals surface area contributed by atoms with E-state index < -0.39 is 10.0 Å².